The summed E-state index contributed by atoms with van der Waals surface area (Å²) in [7, 11) is 1.60. The van der Waals surface area contributed by atoms with Crippen LogP contribution >= 0.6 is 0 Å². The molecule has 3 aromatic rings. The molecule has 0 aliphatic carbocycles. The van der Waals surface area contributed by atoms with E-state index in [-0.39, 0.29) is 5.91 Å². The van der Waals surface area contributed by atoms with Gasteiger partial charge in [0.1, 0.15) is 5.75 Å². The van der Waals surface area contributed by atoms with Crippen LogP contribution in [0.3, 0.4) is 0 Å². The van der Waals surface area contributed by atoms with E-state index in [1.165, 1.54) is 0 Å². The number of carbonyl (C=O) groups is 1. The van der Waals surface area contributed by atoms with E-state index in [2.05, 4.69) is 10.1 Å². The zero-order chi connectivity index (χ0) is 21.6. The lowest BCUT2D eigenvalue weighted by molar-refractivity contribution is 0.0980. The number of hydrogen-bond acceptors (Lipinski definition) is 6. The second-order valence-electron chi connectivity index (χ2n) is 8.11. The van der Waals surface area contributed by atoms with Crippen LogP contribution in [-0.4, -0.2) is 44.0 Å². The van der Waals surface area contributed by atoms with Gasteiger partial charge in [-0.05, 0) is 45.4 Å². The van der Waals surface area contributed by atoms with E-state index in [9.17, 15) is 9.90 Å². The van der Waals surface area contributed by atoms with Gasteiger partial charge in [-0.2, -0.15) is 5.10 Å². The lowest BCUT2D eigenvalue weighted by atomic mass is 9.96. The van der Waals surface area contributed by atoms with Gasteiger partial charge in [0, 0.05) is 24.0 Å². The van der Waals surface area contributed by atoms with Gasteiger partial charge in [0.15, 0.2) is 5.82 Å². The number of carbonyl (C=O) groups excluding carboxylic acids is 1. The Labute approximate surface area is 175 Å². The van der Waals surface area contributed by atoms with Crippen molar-refractivity contribution in [2.75, 3.05) is 12.0 Å². The van der Waals surface area contributed by atoms with Gasteiger partial charge in [0.05, 0.1) is 48.4 Å². The van der Waals surface area contributed by atoms with Crippen molar-refractivity contribution in [3.05, 3.63) is 53.6 Å². The predicted octanol–water partition coefficient (Wildman–Crippen LogP) is 2.93. The van der Waals surface area contributed by atoms with E-state index < -0.39 is 11.6 Å². The van der Waals surface area contributed by atoms with Crippen LogP contribution in [0.1, 0.15) is 42.4 Å². The first kappa shape index (κ1) is 20.0. The quantitative estimate of drug-likeness (QED) is 0.699. The van der Waals surface area contributed by atoms with Crippen LogP contribution in [0, 0.1) is 6.92 Å². The fraction of sp³-hybridized carbons (Fsp3) is 0.364. The molecule has 1 unspecified atom stereocenters. The van der Waals surface area contributed by atoms with E-state index in [4.69, 9.17) is 9.72 Å². The second kappa shape index (κ2) is 7.21. The maximum Gasteiger partial charge on any atom is 0.262 e. The number of rotatable bonds is 5. The molecule has 0 radical (unpaired) electrons. The van der Waals surface area contributed by atoms with E-state index in [1.54, 1.807) is 48.3 Å². The molecular formula is C22H25N5O3. The summed E-state index contributed by atoms with van der Waals surface area (Å²) in [6, 6.07) is 5.56. The number of pyridine rings is 2. The van der Waals surface area contributed by atoms with Crippen LogP contribution in [0.25, 0.3) is 11.3 Å². The molecule has 8 heteroatoms. The molecule has 1 amide bonds. The Balaban J connectivity index is 1.78. The third-order valence-corrected chi connectivity index (χ3v) is 5.32. The number of aryl methyl sites for hydroxylation is 1. The number of ether oxygens (including phenoxy) is 1. The molecule has 0 saturated heterocycles. The van der Waals surface area contributed by atoms with Crippen molar-refractivity contribution in [2.45, 2.75) is 45.9 Å². The third kappa shape index (κ3) is 3.23. The minimum Gasteiger partial charge on any atom is -0.495 e. The van der Waals surface area contributed by atoms with Crippen molar-refractivity contribution in [1.82, 2.24) is 19.7 Å². The monoisotopic (exact) mass is 407 g/mol. The molecule has 4 rings (SSSR count). The van der Waals surface area contributed by atoms with Crippen molar-refractivity contribution in [1.29, 1.82) is 0 Å². The molecule has 8 nitrogen and oxygen atoms in total. The van der Waals surface area contributed by atoms with Crippen LogP contribution in [0.5, 0.6) is 5.75 Å². The van der Waals surface area contributed by atoms with Gasteiger partial charge in [-0.15, -0.1) is 0 Å². The molecule has 4 heterocycles. The maximum absolute atomic E-state index is 13.4. The zero-order valence-electron chi connectivity index (χ0n) is 17.7. The number of amides is 1. The van der Waals surface area contributed by atoms with Gasteiger partial charge in [-0.25, -0.2) is 4.98 Å². The predicted molar refractivity (Wildman–Crippen MR) is 113 cm³/mol. The molecule has 0 aromatic carbocycles. The average molecular weight is 407 g/mol. The van der Waals surface area contributed by atoms with Crippen molar-refractivity contribution in [2.24, 2.45) is 0 Å². The average Bonchev–Trinajstić information content (AvgIpc) is 3.21. The topological polar surface area (TPSA) is 93.4 Å². The van der Waals surface area contributed by atoms with Gasteiger partial charge in [0.2, 0.25) is 0 Å². The molecule has 3 aromatic heterocycles. The number of aliphatic hydroxyl groups is 1. The number of aromatic nitrogens is 4. The second-order valence-corrected chi connectivity index (χ2v) is 8.11. The minimum atomic E-state index is -0.691. The van der Waals surface area contributed by atoms with E-state index in [0.717, 1.165) is 16.8 Å². The molecule has 1 atom stereocenters. The number of fused-ring (bicyclic) bond motifs is 1. The fourth-order valence-electron chi connectivity index (χ4n) is 3.91. The Morgan fingerprint density at radius 3 is 2.73 bits per heavy atom. The van der Waals surface area contributed by atoms with E-state index in [1.807, 2.05) is 32.9 Å². The van der Waals surface area contributed by atoms with Crippen LogP contribution in [0.2, 0.25) is 0 Å². The van der Waals surface area contributed by atoms with Crippen LogP contribution in [0.15, 0.2) is 36.8 Å². The first-order valence-corrected chi connectivity index (χ1v) is 9.80. The van der Waals surface area contributed by atoms with Crippen LogP contribution in [-0.2, 0) is 12.1 Å². The summed E-state index contributed by atoms with van der Waals surface area (Å²) >= 11 is 0. The van der Waals surface area contributed by atoms with Gasteiger partial charge >= 0.3 is 0 Å². The SMILES string of the molecule is COc1cncc(-c2cc(C)c3c(n2)C(C)(C)N(c2ccn(CC(C)O)n2)C3=O)c1. The number of aliphatic hydroxyl groups excluding tert-OH is 1. The van der Waals surface area contributed by atoms with Crippen molar-refractivity contribution in [3.63, 3.8) is 0 Å². The molecule has 0 bridgehead atoms. The van der Waals surface area contributed by atoms with Gasteiger partial charge in [0.25, 0.3) is 5.91 Å². The normalized spacial score (nSPS) is 15.9. The Kier molecular flexibility index (Phi) is 4.82. The number of hydrogen-bond donors (Lipinski definition) is 1. The molecule has 156 valence electrons. The van der Waals surface area contributed by atoms with Gasteiger partial charge in [-0.1, -0.05) is 0 Å². The lowest BCUT2D eigenvalue weighted by Gasteiger charge is -2.29. The molecule has 1 N–H and O–H groups in total. The van der Waals surface area contributed by atoms with Crippen molar-refractivity contribution >= 4 is 11.7 Å². The maximum atomic E-state index is 13.4. The molecule has 0 saturated carbocycles. The van der Waals surface area contributed by atoms with Crippen LogP contribution in [0.4, 0.5) is 5.82 Å². The smallest absolute Gasteiger partial charge is 0.262 e. The summed E-state index contributed by atoms with van der Waals surface area (Å²) in [5.74, 6) is 1.05. The molecule has 1 aliphatic heterocycles. The third-order valence-electron chi connectivity index (χ3n) is 5.32. The zero-order valence-corrected chi connectivity index (χ0v) is 17.7. The summed E-state index contributed by atoms with van der Waals surface area (Å²) in [5.41, 5.74) is 3.02. The summed E-state index contributed by atoms with van der Waals surface area (Å²) < 4.78 is 6.92. The summed E-state index contributed by atoms with van der Waals surface area (Å²) in [5, 5.41) is 14.1. The highest BCUT2D eigenvalue weighted by atomic mass is 16.5. The minimum absolute atomic E-state index is 0.127. The molecule has 0 spiro atoms. The molecule has 1 aliphatic rings. The lowest BCUT2D eigenvalue weighted by Crippen LogP contribution is -2.40. The summed E-state index contributed by atoms with van der Waals surface area (Å²) in [6.07, 6.45) is 4.61. The van der Waals surface area contributed by atoms with Gasteiger partial charge < -0.3 is 9.84 Å². The Morgan fingerprint density at radius 2 is 2.03 bits per heavy atom. The number of anilines is 1. The van der Waals surface area contributed by atoms with E-state index >= 15 is 0 Å². The molecule has 30 heavy (non-hydrogen) atoms. The molecular weight excluding hydrogens is 382 g/mol. The first-order valence-electron chi connectivity index (χ1n) is 9.80. The fourth-order valence-corrected chi connectivity index (χ4v) is 3.91. The first-order chi connectivity index (χ1) is 14.2. The largest absolute Gasteiger partial charge is 0.495 e. The highest BCUT2D eigenvalue weighted by Gasteiger charge is 2.47. The van der Waals surface area contributed by atoms with Crippen LogP contribution < -0.4 is 9.64 Å². The Hall–Kier alpha value is -3.26. The standard InChI is InChI=1S/C22H25N5O3/c1-13-8-17(15-9-16(30-5)11-23-10-15)24-20-19(13)21(29)27(22(20,3)4)18-6-7-26(25-18)12-14(2)28/h6-11,14,28H,12H2,1-5H3. The molecule has 0 fully saturated rings. The Bertz CT molecular complexity index is 1120. The highest BCUT2D eigenvalue weighted by molar-refractivity contribution is 6.12. The Morgan fingerprint density at radius 1 is 1.27 bits per heavy atom. The number of nitrogens with zero attached hydrogens (tertiary/aromatic N) is 5. The van der Waals surface area contributed by atoms with E-state index in [0.29, 0.717) is 29.4 Å². The number of methoxy groups -OCH3 is 1. The summed E-state index contributed by atoms with van der Waals surface area (Å²) in [4.78, 5) is 24.1. The summed E-state index contributed by atoms with van der Waals surface area (Å²) in [6.45, 7) is 7.90. The van der Waals surface area contributed by atoms with Gasteiger partial charge in [-0.3, -0.25) is 19.4 Å². The van der Waals surface area contributed by atoms with Crippen molar-refractivity contribution < 1.29 is 14.6 Å². The highest BCUT2D eigenvalue weighted by Crippen LogP contribution is 2.42. The van der Waals surface area contributed by atoms with Crippen molar-refractivity contribution in [3.8, 4) is 17.0 Å².